The summed E-state index contributed by atoms with van der Waals surface area (Å²) in [5.74, 6) is 0.490. The van der Waals surface area contributed by atoms with Crippen molar-refractivity contribution in [1.82, 2.24) is 5.32 Å². The fraction of sp³-hybridized carbons (Fsp3) is 0.176. The lowest BCUT2D eigenvalue weighted by Crippen LogP contribution is -2.17. The largest absolute Gasteiger partial charge is 0.459 e. The summed E-state index contributed by atoms with van der Waals surface area (Å²) >= 11 is 5.99. The van der Waals surface area contributed by atoms with E-state index in [4.69, 9.17) is 16.0 Å². The molecular weight excluding hydrogens is 289 g/mol. The third-order valence-electron chi connectivity index (χ3n) is 3.47. The SMILES string of the molecule is CNC(c1cc(C)cc(F)c1)c1cc2cc(Cl)ccc2o1. The lowest BCUT2D eigenvalue weighted by molar-refractivity contribution is 0.489. The maximum Gasteiger partial charge on any atom is 0.134 e. The predicted molar refractivity (Wildman–Crippen MR) is 83.3 cm³/mol. The van der Waals surface area contributed by atoms with E-state index in [9.17, 15) is 4.39 Å². The molecule has 108 valence electrons. The second-order valence-corrected chi connectivity index (χ2v) is 5.55. The summed E-state index contributed by atoms with van der Waals surface area (Å²) in [4.78, 5) is 0. The Labute approximate surface area is 127 Å². The zero-order valence-corrected chi connectivity index (χ0v) is 12.5. The molecule has 1 unspecified atom stereocenters. The summed E-state index contributed by atoms with van der Waals surface area (Å²) in [5.41, 5.74) is 2.48. The summed E-state index contributed by atoms with van der Waals surface area (Å²) in [6.45, 7) is 1.87. The average molecular weight is 304 g/mol. The maximum absolute atomic E-state index is 13.6. The molecule has 0 saturated heterocycles. The fourth-order valence-electron chi connectivity index (χ4n) is 2.58. The van der Waals surface area contributed by atoms with Gasteiger partial charge in [-0.1, -0.05) is 17.7 Å². The third kappa shape index (κ3) is 2.80. The van der Waals surface area contributed by atoms with E-state index in [0.29, 0.717) is 5.02 Å². The monoisotopic (exact) mass is 303 g/mol. The summed E-state index contributed by atoms with van der Waals surface area (Å²) in [5, 5.41) is 4.77. The Kier molecular flexibility index (Phi) is 3.70. The van der Waals surface area contributed by atoms with Crippen LogP contribution in [0.5, 0.6) is 0 Å². The molecule has 0 aliphatic rings. The van der Waals surface area contributed by atoms with Gasteiger partial charge in [0, 0.05) is 10.4 Å². The first-order chi connectivity index (χ1) is 10.1. The number of aryl methyl sites for hydroxylation is 1. The van der Waals surface area contributed by atoms with Gasteiger partial charge in [-0.15, -0.1) is 0 Å². The minimum atomic E-state index is -0.246. The number of hydrogen-bond donors (Lipinski definition) is 1. The molecule has 1 atom stereocenters. The highest BCUT2D eigenvalue weighted by molar-refractivity contribution is 6.31. The van der Waals surface area contributed by atoms with Crippen molar-refractivity contribution in [2.75, 3.05) is 7.05 Å². The van der Waals surface area contributed by atoms with Crippen molar-refractivity contribution in [3.8, 4) is 0 Å². The molecule has 3 rings (SSSR count). The maximum atomic E-state index is 13.6. The molecule has 2 aromatic carbocycles. The van der Waals surface area contributed by atoms with Gasteiger partial charge in [0.15, 0.2) is 0 Å². The molecule has 0 fully saturated rings. The van der Waals surface area contributed by atoms with Crippen molar-refractivity contribution >= 4 is 22.6 Å². The molecule has 2 nitrogen and oxygen atoms in total. The molecular formula is C17H15ClFNO. The third-order valence-corrected chi connectivity index (χ3v) is 3.70. The number of hydrogen-bond acceptors (Lipinski definition) is 2. The van der Waals surface area contributed by atoms with Crippen LogP contribution in [-0.4, -0.2) is 7.05 Å². The predicted octanol–water partition coefficient (Wildman–Crippen LogP) is 4.84. The fourth-order valence-corrected chi connectivity index (χ4v) is 2.76. The molecule has 4 heteroatoms. The van der Waals surface area contributed by atoms with Crippen LogP contribution in [0.25, 0.3) is 11.0 Å². The number of halogens is 2. The van der Waals surface area contributed by atoms with Crippen molar-refractivity contribution in [3.63, 3.8) is 0 Å². The summed E-state index contributed by atoms with van der Waals surface area (Å²) in [6.07, 6.45) is 0. The van der Waals surface area contributed by atoms with Crippen LogP contribution >= 0.6 is 11.6 Å². The first-order valence-corrected chi connectivity index (χ1v) is 7.08. The summed E-state index contributed by atoms with van der Waals surface area (Å²) < 4.78 is 19.5. The first kappa shape index (κ1) is 14.1. The van der Waals surface area contributed by atoms with E-state index in [1.54, 1.807) is 6.07 Å². The van der Waals surface area contributed by atoms with Crippen molar-refractivity contribution in [3.05, 3.63) is 70.2 Å². The first-order valence-electron chi connectivity index (χ1n) is 6.70. The number of rotatable bonds is 3. The van der Waals surface area contributed by atoms with E-state index >= 15 is 0 Å². The smallest absolute Gasteiger partial charge is 0.134 e. The molecule has 0 bridgehead atoms. The molecule has 1 aromatic heterocycles. The van der Waals surface area contributed by atoms with Crippen molar-refractivity contribution in [2.24, 2.45) is 0 Å². The molecule has 0 amide bonds. The van der Waals surface area contributed by atoms with Crippen molar-refractivity contribution in [1.29, 1.82) is 0 Å². The van der Waals surface area contributed by atoms with Gasteiger partial charge in [-0.25, -0.2) is 4.39 Å². The van der Waals surface area contributed by atoms with Gasteiger partial charge in [-0.05, 0) is 61.5 Å². The van der Waals surface area contributed by atoms with Crippen LogP contribution in [0.2, 0.25) is 5.02 Å². The van der Waals surface area contributed by atoms with Crippen LogP contribution in [0, 0.1) is 12.7 Å². The normalized spacial score (nSPS) is 12.8. The van der Waals surface area contributed by atoms with Gasteiger partial charge >= 0.3 is 0 Å². The highest BCUT2D eigenvalue weighted by Gasteiger charge is 2.18. The van der Waals surface area contributed by atoms with Gasteiger partial charge in [0.1, 0.15) is 17.2 Å². The number of furan rings is 1. The van der Waals surface area contributed by atoms with Crippen LogP contribution in [-0.2, 0) is 0 Å². The van der Waals surface area contributed by atoms with Gasteiger partial charge < -0.3 is 9.73 Å². The van der Waals surface area contributed by atoms with Crippen LogP contribution in [0.15, 0.2) is 46.9 Å². The van der Waals surface area contributed by atoms with Gasteiger partial charge in [-0.3, -0.25) is 0 Å². The lowest BCUT2D eigenvalue weighted by atomic mass is 10.0. The van der Waals surface area contributed by atoms with E-state index in [1.807, 2.05) is 38.2 Å². The number of fused-ring (bicyclic) bond motifs is 1. The van der Waals surface area contributed by atoms with E-state index in [1.165, 1.54) is 12.1 Å². The summed E-state index contributed by atoms with van der Waals surface area (Å²) in [6, 6.07) is 12.2. The topological polar surface area (TPSA) is 25.2 Å². The molecule has 3 aromatic rings. The second-order valence-electron chi connectivity index (χ2n) is 5.11. The average Bonchev–Trinajstić information content (AvgIpc) is 2.81. The quantitative estimate of drug-likeness (QED) is 0.749. The molecule has 21 heavy (non-hydrogen) atoms. The van der Waals surface area contributed by atoms with Crippen molar-refractivity contribution < 1.29 is 8.81 Å². The molecule has 0 aliphatic heterocycles. The minimum Gasteiger partial charge on any atom is -0.459 e. The molecule has 1 N–H and O–H groups in total. The molecule has 0 radical (unpaired) electrons. The van der Waals surface area contributed by atoms with Crippen LogP contribution in [0.4, 0.5) is 4.39 Å². The Hall–Kier alpha value is -1.84. The number of benzene rings is 2. The molecule has 0 saturated carbocycles. The Morgan fingerprint density at radius 3 is 2.67 bits per heavy atom. The number of nitrogens with one attached hydrogen (secondary N) is 1. The van der Waals surface area contributed by atoms with Gasteiger partial charge in [0.25, 0.3) is 0 Å². The summed E-state index contributed by atoms with van der Waals surface area (Å²) in [7, 11) is 1.82. The highest BCUT2D eigenvalue weighted by Crippen LogP contribution is 2.30. The Bertz CT molecular complexity index is 776. The van der Waals surface area contributed by atoms with Gasteiger partial charge in [-0.2, -0.15) is 0 Å². The zero-order valence-electron chi connectivity index (χ0n) is 11.8. The Morgan fingerprint density at radius 1 is 1.14 bits per heavy atom. The van der Waals surface area contributed by atoms with E-state index < -0.39 is 0 Å². The van der Waals surface area contributed by atoms with E-state index in [-0.39, 0.29) is 11.9 Å². The van der Waals surface area contributed by atoms with E-state index in [2.05, 4.69) is 5.32 Å². The van der Waals surface area contributed by atoms with Gasteiger partial charge in [0.05, 0.1) is 6.04 Å². The minimum absolute atomic E-state index is 0.203. The lowest BCUT2D eigenvalue weighted by Gasteiger charge is -2.14. The highest BCUT2D eigenvalue weighted by atomic mass is 35.5. The Morgan fingerprint density at radius 2 is 1.95 bits per heavy atom. The van der Waals surface area contributed by atoms with E-state index in [0.717, 1.165) is 27.9 Å². The standard InChI is InChI=1S/C17H15ClFNO/c1-10-5-12(8-14(19)6-10)17(20-2)16-9-11-7-13(18)3-4-15(11)21-16/h3-9,17,20H,1-2H3. The Balaban J connectivity index is 2.08. The van der Waals surface area contributed by atoms with Gasteiger partial charge in [0.2, 0.25) is 0 Å². The molecule has 0 aliphatic carbocycles. The molecule has 1 heterocycles. The zero-order chi connectivity index (χ0) is 15.0. The van der Waals surface area contributed by atoms with Crippen LogP contribution < -0.4 is 5.32 Å². The second kappa shape index (κ2) is 5.51. The van der Waals surface area contributed by atoms with Crippen LogP contribution in [0.1, 0.15) is 22.9 Å². The van der Waals surface area contributed by atoms with Crippen LogP contribution in [0.3, 0.4) is 0 Å². The molecule has 0 spiro atoms. The van der Waals surface area contributed by atoms with Crippen molar-refractivity contribution in [2.45, 2.75) is 13.0 Å².